The summed E-state index contributed by atoms with van der Waals surface area (Å²) in [4.78, 5) is 11.9. The minimum absolute atomic E-state index is 0.00918. The van der Waals surface area contributed by atoms with Crippen molar-refractivity contribution >= 4 is 5.91 Å². The SMILES string of the molecule is C[C@H]([NH2+]CC(=O)NCCOc1ccc(C(C)(C)C)cc1)c1ccco1. The fraction of sp³-hybridized carbons (Fsp3) is 0.450. The molecule has 3 N–H and O–H groups in total. The lowest BCUT2D eigenvalue weighted by Gasteiger charge is -2.19. The number of carbonyl (C=O) groups excluding carboxylic acids is 1. The summed E-state index contributed by atoms with van der Waals surface area (Å²) in [5, 5.41) is 4.81. The maximum atomic E-state index is 11.9. The molecule has 0 saturated carbocycles. The van der Waals surface area contributed by atoms with E-state index >= 15 is 0 Å². The molecule has 0 saturated heterocycles. The lowest BCUT2D eigenvalue weighted by atomic mass is 9.87. The highest BCUT2D eigenvalue weighted by atomic mass is 16.5. The van der Waals surface area contributed by atoms with Crippen LogP contribution in [-0.4, -0.2) is 25.6 Å². The average Bonchev–Trinajstić information content (AvgIpc) is 3.11. The van der Waals surface area contributed by atoms with E-state index in [1.54, 1.807) is 6.26 Å². The van der Waals surface area contributed by atoms with Gasteiger partial charge in [0.05, 0.1) is 12.8 Å². The van der Waals surface area contributed by atoms with Crippen LogP contribution in [0, 0.1) is 0 Å². The van der Waals surface area contributed by atoms with Crippen LogP contribution in [0.5, 0.6) is 5.75 Å². The first-order valence-electron chi connectivity index (χ1n) is 8.73. The molecule has 1 amide bonds. The van der Waals surface area contributed by atoms with E-state index in [2.05, 4.69) is 38.2 Å². The van der Waals surface area contributed by atoms with Gasteiger partial charge in [0.2, 0.25) is 0 Å². The van der Waals surface area contributed by atoms with Gasteiger partial charge in [0, 0.05) is 0 Å². The Morgan fingerprint density at radius 2 is 1.96 bits per heavy atom. The van der Waals surface area contributed by atoms with Crippen molar-refractivity contribution in [3.05, 3.63) is 54.0 Å². The maximum absolute atomic E-state index is 11.9. The van der Waals surface area contributed by atoms with E-state index in [-0.39, 0.29) is 17.4 Å². The number of furan rings is 1. The van der Waals surface area contributed by atoms with Crippen LogP contribution in [0.1, 0.15) is 45.1 Å². The van der Waals surface area contributed by atoms with Gasteiger partial charge in [0.25, 0.3) is 5.91 Å². The molecule has 1 aromatic carbocycles. The monoisotopic (exact) mass is 345 g/mol. The van der Waals surface area contributed by atoms with Gasteiger partial charge in [-0.3, -0.25) is 4.79 Å². The fourth-order valence-electron chi connectivity index (χ4n) is 2.43. The summed E-state index contributed by atoms with van der Waals surface area (Å²) < 4.78 is 11.0. The number of benzene rings is 1. The largest absolute Gasteiger partial charge is 0.492 e. The lowest BCUT2D eigenvalue weighted by Crippen LogP contribution is -2.87. The highest BCUT2D eigenvalue weighted by Crippen LogP contribution is 2.24. The Morgan fingerprint density at radius 1 is 1.24 bits per heavy atom. The van der Waals surface area contributed by atoms with Crippen molar-refractivity contribution in [2.75, 3.05) is 19.7 Å². The number of quaternary nitrogens is 1. The van der Waals surface area contributed by atoms with Gasteiger partial charge >= 0.3 is 0 Å². The summed E-state index contributed by atoms with van der Waals surface area (Å²) in [5.74, 6) is 1.68. The van der Waals surface area contributed by atoms with Crippen LogP contribution < -0.4 is 15.4 Å². The van der Waals surface area contributed by atoms with E-state index in [1.807, 2.05) is 36.5 Å². The Kier molecular flexibility index (Phi) is 6.65. The van der Waals surface area contributed by atoms with Crippen molar-refractivity contribution in [1.29, 1.82) is 0 Å². The van der Waals surface area contributed by atoms with Gasteiger partial charge in [-0.15, -0.1) is 0 Å². The van der Waals surface area contributed by atoms with Gasteiger partial charge in [-0.1, -0.05) is 32.9 Å². The summed E-state index contributed by atoms with van der Waals surface area (Å²) in [6.07, 6.45) is 1.64. The van der Waals surface area contributed by atoms with Gasteiger partial charge in [-0.05, 0) is 42.2 Å². The maximum Gasteiger partial charge on any atom is 0.275 e. The van der Waals surface area contributed by atoms with Gasteiger partial charge in [0.15, 0.2) is 12.3 Å². The van der Waals surface area contributed by atoms with E-state index < -0.39 is 0 Å². The normalized spacial score (nSPS) is 12.6. The number of carbonyl (C=O) groups is 1. The van der Waals surface area contributed by atoms with Crippen LogP contribution in [0.25, 0.3) is 0 Å². The van der Waals surface area contributed by atoms with Crippen molar-refractivity contribution in [2.24, 2.45) is 0 Å². The zero-order chi connectivity index (χ0) is 18.3. The minimum Gasteiger partial charge on any atom is -0.492 e. The molecule has 0 unspecified atom stereocenters. The molecule has 1 heterocycles. The average molecular weight is 345 g/mol. The molecule has 0 radical (unpaired) electrons. The van der Waals surface area contributed by atoms with Crippen LogP contribution in [0.4, 0.5) is 0 Å². The van der Waals surface area contributed by atoms with Gasteiger partial charge in [0.1, 0.15) is 18.4 Å². The summed E-state index contributed by atoms with van der Waals surface area (Å²) in [5.41, 5.74) is 1.41. The van der Waals surface area contributed by atoms with E-state index in [9.17, 15) is 4.79 Å². The summed E-state index contributed by atoms with van der Waals surface area (Å²) in [7, 11) is 0. The highest BCUT2D eigenvalue weighted by Gasteiger charge is 2.14. The second-order valence-corrected chi connectivity index (χ2v) is 7.22. The molecule has 2 rings (SSSR count). The molecule has 0 aliphatic rings. The Hall–Kier alpha value is -2.27. The molecule has 0 aliphatic carbocycles. The van der Waals surface area contributed by atoms with Gasteiger partial charge in [-0.2, -0.15) is 0 Å². The Morgan fingerprint density at radius 3 is 2.56 bits per heavy atom. The molecule has 0 bridgehead atoms. The Labute approximate surface area is 149 Å². The van der Waals surface area contributed by atoms with Crippen molar-refractivity contribution in [2.45, 2.75) is 39.2 Å². The topological polar surface area (TPSA) is 68.1 Å². The summed E-state index contributed by atoms with van der Waals surface area (Å²) in [6, 6.07) is 12.0. The van der Waals surface area contributed by atoms with Gasteiger partial charge in [-0.25, -0.2) is 0 Å². The van der Waals surface area contributed by atoms with E-state index in [1.165, 1.54) is 5.56 Å². The molecule has 0 aliphatic heterocycles. The number of rotatable bonds is 8. The number of hydrogen-bond acceptors (Lipinski definition) is 3. The first-order valence-corrected chi connectivity index (χ1v) is 8.73. The number of ether oxygens (including phenoxy) is 1. The van der Waals surface area contributed by atoms with Crippen LogP contribution in [-0.2, 0) is 10.2 Å². The second kappa shape index (κ2) is 8.72. The molecule has 5 nitrogen and oxygen atoms in total. The molecule has 2 aromatic rings. The third kappa shape index (κ3) is 6.27. The van der Waals surface area contributed by atoms with Crippen LogP contribution in [0.15, 0.2) is 47.1 Å². The molecule has 25 heavy (non-hydrogen) atoms. The first-order chi connectivity index (χ1) is 11.9. The Bertz CT molecular complexity index is 643. The zero-order valence-corrected chi connectivity index (χ0v) is 15.5. The standard InChI is InChI=1S/C20H28N2O3/c1-15(18-6-5-12-25-18)22-14-19(23)21-11-13-24-17-9-7-16(8-10-17)20(2,3)4/h5-10,12,15,22H,11,13-14H2,1-4H3,(H,21,23)/p+1/t15-/m0/s1. The number of nitrogens with two attached hydrogens (primary N) is 1. The number of amides is 1. The molecule has 0 spiro atoms. The van der Waals surface area contributed by atoms with Crippen LogP contribution in [0.2, 0.25) is 0 Å². The number of hydrogen-bond donors (Lipinski definition) is 2. The third-order valence-corrected chi connectivity index (χ3v) is 4.06. The number of nitrogens with one attached hydrogen (secondary N) is 1. The second-order valence-electron chi connectivity index (χ2n) is 7.22. The fourth-order valence-corrected chi connectivity index (χ4v) is 2.43. The van der Waals surface area contributed by atoms with Crippen LogP contribution >= 0.6 is 0 Å². The molecular formula is C20H29N2O3+. The molecular weight excluding hydrogens is 316 g/mol. The summed E-state index contributed by atoms with van der Waals surface area (Å²) in [6.45, 7) is 9.86. The van der Waals surface area contributed by atoms with Crippen molar-refractivity contribution in [1.82, 2.24) is 5.32 Å². The predicted octanol–water partition coefficient (Wildman–Crippen LogP) is 2.40. The molecule has 5 heteroatoms. The molecule has 1 aromatic heterocycles. The lowest BCUT2D eigenvalue weighted by molar-refractivity contribution is -0.684. The van der Waals surface area contributed by atoms with E-state index in [0.717, 1.165) is 11.5 Å². The smallest absolute Gasteiger partial charge is 0.275 e. The Balaban J connectivity index is 1.63. The van der Waals surface area contributed by atoms with E-state index in [4.69, 9.17) is 9.15 Å². The zero-order valence-electron chi connectivity index (χ0n) is 15.5. The van der Waals surface area contributed by atoms with Gasteiger partial charge < -0.3 is 19.8 Å². The van der Waals surface area contributed by atoms with Crippen molar-refractivity contribution in [3.8, 4) is 5.75 Å². The first kappa shape index (κ1) is 19.1. The highest BCUT2D eigenvalue weighted by molar-refractivity contribution is 5.76. The van der Waals surface area contributed by atoms with Crippen molar-refractivity contribution in [3.63, 3.8) is 0 Å². The predicted molar refractivity (Wildman–Crippen MR) is 97.6 cm³/mol. The quantitative estimate of drug-likeness (QED) is 0.722. The third-order valence-electron chi connectivity index (χ3n) is 4.06. The van der Waals surface area contributed by atoms with E-state index in [0.29, 0.717) is 19.7 Å². The molecule has 136 valence electrons. The molecule has 1 atom stereocenters. The van der Waals surface area contributed by atoms with Crippen LogP contribution in [0.3, 0.4) is 0 Å². The summed E-state index contributed by atoms with van der Waals surface area (Å²) >= 11 is 0. The molecule has 0 fully saturated rings. The van der Waals surface area contributed by atoms with Crippen molar-refractivity contribution < 1.29 is 19.3 Å². The minimum atomic E-state index is -0.00918.